The molecule has 0 radical (unpaired) electrons. The molecule has 2 N–H and O–H groups in total. The van der Waals surface area contributed by atoms with Crippen molar-refractivity contribution in [3.8, 4) is 30.4 Å². The Bertz CT molecular complexity index is 697. The lowest BCUT2D eigenvalue weighted by atomic mass is 9.89. The van der Waals surface area contributed by atoms with E-state index in [-0.39, 0.29) is 24.9 Å². The normalized spacial score (nSPS) is 24.0. The van der Waals surface area contributed by atoms with Crippen molar-refractivity contribution in [2.24, 2.45) is 11.7 Å². The zero-order valence-corrected chi connectivity index (χ0v) is 13.0. The Labute approximate surface area is 137 Å². The average Bonchev–Trinajstić information content (AvgIpc) is 3.13. The summed E-state index contributed by atoms with van der Waals surface area (Å²) in [4.78, 5) is 14.7. The summed E-state index contributed by atoms with van der Waals surface area (Å²) in [6.45, 7) is 1.60. The van der Waals surface area contributed by atoms with Crippen molar-refractivity contribution < 1.29 is 9.53 Å². The first-order valence-electron chi connectivity index (χ1n) is 7.80. The minimum atomic E-state index is -0.583. The van der Waals surface area contributed by atoms with E-state index in [1.807, 2.05) is 12.1 Å². The molecule has 2 atom stereocenters. The highest BCUT2D eigenvalue weighted by Gasteiger charge is 2.61. The van der Waals surface area contributed by atoms with E-state index in [0.29, 0.717) is 13.2 Å². The number of nitrogens with zero attached hydrogens (tertiary/aromatic N) is 1. The Morgan fingerprint density at radius 1 is 1.39 bits per heavy atom. The minimum absolute atomic E-state index is 0.0114. The lowest BCUT2D eigenvalue weighted by Crippen LogP contribution is -2.41. The maximum absolute atomic E-state index is 13.1. The molecule has 1 aromatic rings. The van der Waals surface area contributed by atoms with Gasteiger partial charge >= 0.3 is 0 Å². The zero-order chi connectivity index (χ0) is 16.4. The van der Waals surface area contributed by atoms with Gasteiger partial charge in [-0.05, 0) is 36.1 Å². The van der Waals surface area contributed by atoms with E-state index in [1.165, 1.54) is 0 Å². The molecule has 4 heteroatoms. The molecule has 0 spiro atoms. The Morgan fingerprint density at radius 3 is 2.74 bits per heavy atom. The molecule has 1 aromatic carbocycles. The third kappa shape index (κ3) is 2.46. The predicted octanol–water partition coefficient (Wildman–Crippen LogP) is 0.933. The van der Waals surface area contributed by atoms with Crippen molar-refractivity contribution >= 4 is 5.91 Å². The fraction of sp³-hybridized carbons (Fsp3) is 0.421. The van der Waals surface area contributed by atoms with Gasteiger partial charge in [0.05, 0.1) is 25.1 Å². The smallest absolute Gasteiger partial charge is 0.235 e. The van der Waals surface area contributed by atoms with Crippen molar-refractivity contribution in [3.63, 3.8) is 0 Å². The molecule has 0 aromatic heterocycles. The molecule has 1 aliphatic carbocycles. The van der Waals surface area contributed by atoms with Gasteiger partial charge in [0, 0.05) is 6.42 Å². The summed E-state index contributed by atoms with van der Waals surface area (Å²) in [5, 5.41) is 0. The van der Waals surface area contributed by atoms with Gasteiger partial charge in [-0.25, -0.2) is 0 Å². The Balaban J connectivity index is 1.96. The van der Waals surface area contributed by atoms with Crippen LogP contribution in [-0.2, 0) is 16.6 Å². The third-order valence-corrected chi connectivity index (χ3v) is 4.83. The number of terminal acetylenes is 2. The maximum atomic E-state index is 13.1. The van der Waals surface area contributed by atoms with Gasteiger partial charge in [-0.15, -0.1) is 12.8 Å². The fourth-order valence-corrected chi connectivity index (χ4v) is 3.52. The Morgan fingerprint density at radius 2 is 2.13 bits per heavy atom. The summed E-state index contributed by atoms with van der Waals surface area (Å²) in [6.07, 6.45) is 12.4. The zero-order valence-electron chi connectivity index (χ0n) is 13.0. The standard InChI is InChI=1S/C19H20N2O2/c1-3-8-21(9-4-2)18(22)19(12-16(19)13-20)15-5-6-17-14(11-15)7-10-23-17/h1-2,5-6,11,16H,7-10,12-13,20H2/t16-,19+/m0/s1. The van der Waals surface area contributed by atoms with Crippen LogP contribution in [0.25, 0.3) is 0 Å². The minimum Gasteiger partial charge on any atom is -0.493 e. The highest BCUT2D eigenvalue weighted by atomic mass is 16.5. The molecule has 118 valence electrons. The molecular weight excluding hydrogens is 288 g/mol. The van der Waals surface area contributed by atoms with Gasteiger partial charge in [0.1, 0.15) is 5.75 Å². The number of ether oxygens (including phenoxy) is 1. The number of nitrogens with two attached hydrogens (primary N) is 1. The molecule has 1 heterocycles. The molecule has 1 aliphatic heterocycles. The average molecular weight is 308 g/mol. The van der Waals surface area contributed by atoms with Crippen LogP contribution in [0.5, 0.6) is 5.75 Å². The van der Waals surface area contributed by atoms with E-state index in [1.54, 1.807) is 4.90 Å². The van der Waals surface area contributed by atoms with Crippen LogP contribution < -0.4 is 10.5 Å². The molecule has 1 saturated carbocycles. The summed E-state index contributed by atoms with van der Waals surface area (Å²) in [5.74, 6) is 6.06. The van der Waals surface area contributed by atoms with Crippen molar-refractivity contribution in [1.82, 2.24) is 4.90 Å². The van der Waals surface area contributed by atoms with Crippen LogP contribution in [0.15, 0.2) is 18.2 Å². The summed E-state index contributed by atoms with van der Waals surface area (Å²) < 4.78 is 5.55. The third-order valence-electron chi connectivity index (χ3n) is 4.83. The summed E-state index contributed by atoms with van der Waals surface area (Å²) in [5.41, 5.74) is 7.44. The number of hydrogen-bond acceptors (Lipinski definition) is 3. The van der Waals surface area contributed by atoms with Crippen LogP contribution >= 0.6 is 0 Å². The van der Waals surface area contributed by atoms with Crippen LogP contribution in [0.2, 0.25) is 0 Å². The molecule has 1 fully saturated rings. The number of carbonyl (C=O) groups excluding carboxylic acids is 1. The van der Waals surface area contributed by atoms with Gasteiger partial charge in [0.15, 0.2) is 0 Å². The number of benzene rings is 1. The Hall–Kier alpha value is -2.43. The SMILES string of the molecule is C#CCN(CC#C)C(=O)[C@@]1(c2ccc3c(c2)CCO3)C[C@H]1CN. The van der Waals surface area contributed by atoms with E-state index in [2.05, 4.69) is 17.9 Å². The predicted molar refractivity (Wildman–Crippen MR) is 88.7 cm³/mol. The number of rotatable bonds is 5. The lowest BCUT2D eigenvalue weighted by molar-refractivity contribution is -0.133. The Kier molecular flexibility index (Phi) is 4.03. The molecule has 4 nitrogen and oxygen atoms in total. The lowest BCUT2D eigenvalue weighted by Gasteiger charge is -2.26. The van der Waals surface area contributed by atoms with Crippen LogP contribution in [0.4, 0.5) is 0 Å². The first-order chi connectivity index (χ1) is 11.2. The fourth-order valence-electron chi connectivity index (χ4n) is 3.52. The molecule has 2 aliphatic rings. The highest BCUT2D eigenvalue weighted by Crippen LogP contribution is 2.55. The number of fused-ring (bicyclic) bond motifs is 1. The van der Waals surface area contributed by atoms with Crippen molar-refractivity contribution in [2.45, 2.75) is 18.3 Å². The second-order valence-electron chi connectivity index (χ2n) is 6.10. The van der Waals surface area contributed by atoms with Crippen LogP contribution in [0.1, 0.15) is 17.5 Å². The van der Waals surface area contributed by atoms with Crippen molar-refractivity contribution in [1.29, 1.82) is 0 Å². The van der Waals surface area contributed by atoms with E-state index >= 15 is 0 Å². The second-order valence-corrected chi connectivity index (χ2v) is 6.10. The number of amides is 1. The first kappa shape index (κ1) is 15.5. The van der Waals surface area contributed by atoms with Gasteiger partial charge in [-0.1, -0.05) is 24.0 Å². The van der Waals surface area contributed by atoms with E-state index in [4.69, 9.17) is 23.3 Å². The summed E-state index contributed by atoms with van der Waals surface area (Å²) >= 11 is 0. The number of hydrogen-bond donors (Lipinski definition) is 1. The largest absolute Gasteiger partial charge is 0.493 e. The number of carbonyl (C=O) groups is 1. The molecule has 0 unspecified atom stereocenters. The molecule has 3 rings (SSSR count). The van der Waals surface area contributed by atoms with E-state index in [9.17, 15) is 4.79 Å². The van der Waals surface area contributed by atoms with Gasteiger partial charge in [0.2, 0.25) is 5.91 Å². The molecule has 0 saturated heterocycles. The monoisotopic (exact) mass is 308 g/mol. The maximum Gasteiger partial charge on any atom is 0.235 e. The van der Waals surface area contributed by atoms with Crippen LogP contribution in [-0.4, -0.2) is 37.0 Å². The van der Waals surface area contributed by atoms with Gasteiger partial charge in [0.25, 0.3) is 0 Å². The van der Waals surface area contributed by atoms with E-state index < -0.39 is 5.41 Å². The first-order valence-corrected chi connectivity index (χ1v) is 7.80. The molecular formula is C19H20N2O2. The molecule has 23 heavy (non-hydrogen) atoms. The van der Waals surface area contributed by atoms with Crippen LogP contribution in [0.3, 0.4) is 0 Å². The summed E-state index contributed by atoms with van der Waals surface area (Å²) in [7, 11) is 0. The quantitative estimate of drug-likeness (QED) is 0.824. The topological polar surface area (TPSA) is 55.6 Å². The second kappa shape index (κ2) is 5.99. The van der Waals surface area contributed by atoms with Crippen molar-refractivity contribution in [3.05, 3.63) is 29.3 Å². The highest BCUT2D eigenvalue weighted by molar-refractivity contribution is 5.92. The van der Waals surface area contributed by atoms with Crippen LogP contribution in [0, 0.1) is 30.6 Å². The molecule has 0 bridgehead atoms. The van der Waals surface area contributed by atoms with Gasteiger partial charge in [-0.2, -0.15) is 0 Å². The summed E-state index contributed by atoms with van der Waals surface area (Å²) in [6, 6.07) is 6.01. The van der Waals surface area contributed by atoms with Crippen molar-refractivity contribution in [2.75, 3.05) is 26.2 Å². The van der Waals surface area contributed by atoms with E-state index in [0.717, 1.165) is 29.7 Å². The van der Waals surface area contributed by atoms with Gasteiger partial charge in [-0.3, -0.25) is 4.79 Å². The van der Waals surface area contributed by atoms with Gasteiger partial charge < -0.3 is 15.4 Å². The molecule has 1 amide bonds.